The second-order valence-corrected chi connectivity index (χ2v) is 4.50. The van der Waals surface area contributed by atoms with E-state index in [1.165, 1.54) is 18.1 Å². The number of aliphatic hydroxyl groups excluding tert-OH is 1. The van der Waals surface area contributed by atoms with Gasteiger partial charge in [0.15, 0.2) is 0 Å². The number of ether oxygens (including phenoxy) is 1. The number of nitrogens with zero attached hydrogens (tertiary/aromatic N) is 1. The molecule has 0 aliphatic carbocycles. The summed E-state index contributed by atoms with van der Waals surface area (Å²) < 4.78 is 5.61. The van der Waals surface area contributed by atoms with Crippen molar-refractivity contribution < 1.29 is 19.4 Å². The van der Waals surface area contributed by atoms with Gasteiger partial charge in [-0.05, 0) is 13.3 Å². The van der Waals surface area contributed by atoms with Crippen LogP contribution >= 0.6 is 0 Å². The highest BCUT2D eigenvalue weighted by atomic mass is 16.5. The average Bonchev–Trinajstić information content (AvgIpc) is 2.75. The molecule has 6 heteroatoms. The molecule has 0 bridgehead atoms. The van der Waals surface area contributed by atoms with Gasteiger partial charge in [0, 0.05) is 24.7 Å². The topological polar surface area (TPSA) is 78.9 Å². The highest BCUT2D eigenvalue weighted by Gasteiger charge is 2.37. The van der Waals surface area contributed by atoms with Crippen LogP contribution in [0.25, 0.3) is 0 Å². The third-order valence-corrected chi connectivity index (χ3v) is 2.91. The van der Waals surface area contributed by atoms with Gasteiger partial charge in [-0.25, -0.2) is 4.79 Å². The minimum Gasteiger partial charge on any atom is -0.394 e. The summed E-state index contributed by atoms with van der Waals surface area (Å²) in [4.78, 5) is 23.8. The summed E-state index contributed by atoms with van der Waals surface area (Å²) in [6, 6.07) is -0.341. The molecule has 0 saturated carbocycles. The highest BCUT2D eigenvalue weighted by molar-refractivity contribution is 5.78. The maximum Gasteiger partial charge on any atom is 0.323 e. The van der Waals surface area contributed by atoms with E-state index in [2.05, 4.69) is 5.32 Å². The molecule has 2 N–H and O–H groups in total. The summed E-state index contributed by atoms with van der Waals surface area (Å²) in [6.07, 6.45) is 2.10. The van der Waals surface area contributed by atoms with Gasteiger partial charge < -0.3 is 15.2 Å². The molecular weight excluding hydrogens is 236 g/mol. The first kappa shape index (κ1) is 14.7. The van der Waals surface area contributed by atoms with Crippen molar-refractivity contribution in [2.45, 2.75) is 32.6 Å². The van der Waals surface area contributed by atoms with Gasteiger partial charge in [0.1, 0.15) is 12.5 Å². The fraction of sp³-hybridized carbons (Fsp3) is 0.667. The summed E-state index contributed by atoms with van der Waals surface area (Å²) in [5.74, 6) is 0.0927. The molecule has 1 fully saturated rings. The van der Waals surface area contributed by atoms with E-state index in [0.717, 1.165) is 0 Å². The Morgan fingerprint density at radius 1 is 1.61 bits per heavy atom. The molecule has 2 amide bonds. The lowest BCUT2D eigenvalue weighted by molar-refractivity contribution is -0.105. The molecule has 3 atom stereocenters. The summed E-state index contributed by atoms with van der Waals surface area (Å²) in [5, 5.41) is 11.6. The predicted octanol–water partition coefficient (Wildman–Crippen LogP) is 0.474. The molecule has 0 aromatic heterocycles. The first-order chi connectivity index (χ1) is 8.53. The van der Waals surface area contributed by atoms with Crippen LogP contribution in [0.2, 0.25) is 0 Å². The van der Waals surface area contributed by atoms with Crippen LogP contribution in [-0.2, 0) is 9.53 Å². The Hall–Kier alpha value is -1.40. The minimum atomic E-state index is -0.461. The summed E-state index contributed by atoms with van der Waals surface area (Å²) in [7, 11) is 1.52. The van der Waals surface area contributed by atoms with Gasteiger partial charge in [-0.2, -0.15) is 0 Å². The van der Waals surface area contributed by atoms with Gasteiger partial charge in [0.2, 0.25) is 0 Å². The Labute approximate surface area is 107 Å². The second kappa shape index (κ2) is 6.51. The third-order valence-electron chi connectivity index (χ3n) is 2.91. The van der Waals surface area contributed by atoms with Crippen LogP contribution in [0.4, 0.5) is 4.79 Å². The van der Waals surface area contributed by atoms with Crippen LogP contribution in [-0.4, -0.2) is 48.3 Å². The highest BCUT2D eigenvalue weighted by Crippen LogP contribution is 2.29. The van der Waals surface area contributed by atoms with Crippen molar-refractivity contribution >= 4 is 12.3 Å². The number of allylic oxidation sites excluding steroid dienone is 1. The maximum absolute atomic E-state index is 11.8. The van der Waals surface area contributed by atoms with E-state index in [4.69, 9.17) is 9.84 Å². The van der Waals surface area contributed by atoms with Crippen LogP contribution in [0.1, 0.15) is 20.3 Å². The molecule has 1 rings (SSSR count). The molecule has 0 spiro atoms. The summed E-state index contributed by atoms with van der Waals surface area (Å²) in [6.45, 7) is 3.49. The number of carbonyl (C=O) groups excluding carboxylic acids is 2. The number of nitrogens with one attached hydrogen (secondary N) is 1. The van der Waals surface area contributed by atoms with E-state index in [1.54, 1.807) is 6.92 Å². The minimum absolute atomic E-state index is 0.0706. The van der Waals surface area contributed by atoms with Crippen molar-refractivity contribution in [3.63, 3.8) is 0 Å². The molecule has 1 aliphatic rings. The van der Waals surface area contributed by atoms with E-state index in [-0.39, 0.29) is 24.7 Å². The third kappa shape index (κ3) is 3.30. The Bertz CT molecular complexity index is 343. The van der Waals surface area contributed by atoms with Crippen molar-refractivity contribution in [2.75, 3.05) is 13.7 Å². The monoisotopic (exact) mass is 256 g/mol. The first-order valence-electron chi connectivity index (χ1n) is 5.93. The molecular formula is C12H20N2O4. The van der Waals surface area contributed by atoms with Crippen molar-refractivity contribution in [1.29, 1.82) is 0 Å². The van der Waals surface area contributed by atoms with Crippen LogP contribution in [0, 0.1) is 5.92 Å². The van der Waals surface area contributed by atoms with Crippen LogP contribution in [0.15, 0.2) is 11.8 Å². The Kier molecular flexibility index (Phi) is 5.30. The number of hydrogen-bond donors (Lipinski definition) is 2. The van der Waals surface area contributed by atoms with Crippen molar-refractivity contribution in [3.05, 3.63) is 11.8 Å². The van der Waals surface area contributed by atoms with E-state index < -0.39 is 6.23 Å². The van der Waals surface area contributed by atoms with Gasteiger partial charge in [0.05, 0.1) is 12.7 Å². The molecule has 1 heterocycles. The number of aliphatic hydroxyl groups is 1. The summed E-state index contributed by atoms with van der Waals surface area (Å²) >= 11 is 0. The zero-order valence-electron chi connectivity index (χ0n) is 10.9. The molecule has 1 saturated heterocycles. The average molecular weight is 256 g/mol. The number of urea groups is 1. The van der Waals surface area contributed by atoms with Crippen molar-refractivity contribution in [1.82, 2.24) is 10.2 Å². The van der Waals surface area contributed by atoms with Gasteiger partial charge in [-0.15, -0.1) is 0 Å². The SMILES string of the molecule is CNC(=O)N(/C=C(/C)C=O)[C@@H]1O[C@H](CO)C[C@@H]1C. The molecule has 18 heavy (non-hydrogen) atoms. The molecule has 0 aromatic rings. The Balaban J connectivity index is 2.90. The zero-order chi connectivity index (χ0) is 13.7. The largest absolute Gasteiger partial charge is 0.394 e. The van der Waals surface area contributed by atoms with E-state index in [9.17, 15) is 9.59 Å². The molecule has 6 nitrogen and oxygen atoms in total. The van der Waals surface area contributed by atoms with E-state index in [1.807, 2.05) is 6.92 Å². The smallest absolute Gasteiger partial charge is 0.323 e. The Morgan fingerprint density at radius 2 is 2.28 bits per heavy atom. The first-order valence-corrected chi connectivity index (χ1v) is 5.93. The number of aldehydes is 1. The zero-order valence-corrected chi connectivity index (χ0v) is 10.9. The van der Waals surface area contributed by atoms with Gasteiger partial charge in [-0.1, -0.05) is 6.92 Å². The van der Waals surface area contributed by atoms with E-state index >= 15 is 0 Å². The number of carbonyl (C=O) groups is 2. The molecule has 102 valence electrons. The maximum atomic E-state index is 11.8. The number of rotatable bonds is 4. The van der Waals surface area contributed by atoms with Crippen molar-refractivity contribution in [3.8, 4) is 0 Å². The summed E-state index contributed by atoms with van der Waals surface area (Å²) in [5.41, 5.74) is 0.432. The molecule has 0 unspecified atom stereocenters. The van der Waals surface area contributed by atoms with E-state index in [0.29, 0.717) is 18.3 Å². The quantitative estimate of drug-likeness (QED) is 0.566. The molecule has 0 aromatic carbocycles. The van der Waals surface area contributed by atoms with Gasteiger partial charge >= 0.3 is 6.03 Å². The fourth-order valence-electron chi connectivity index (χ4n) is 2.00. The molecule has 1 aliphatic heterocycles. The van der Waals surface area contributed by atoms with Crippen LogP contribution < -0.4 is 5.32 Å². The number of amides is 2. The molecule has 0 radical (unpaired) electrons. The van der Waals surface area contributed by atoms with Crippen LogP contribution in [0.5, 0.6) is 0 Å². The predicted molar refractivity (Wildman–Crippen MR) is 65.6 cm³/mol. The van der Waals surface area contributed by atoms with Gasteiger partial charge in [0.25, 0.3) is 0 Å². The lowest BCUT2D eigenvalue weighted by Gasteiger charge is -2.28. The van der Waals surface area contributed by atoms with Crippen LogP contribution in [0.3, 0.4) is 0 Å². The second-order valence-electron chi connectivity index (χ2n) is 4.50. The normalized spacial score (nSPS) is 28.0. The van der Waals surface area contributed by atoms with Gasteiger partial charge in [-0.3, -0.25) is 9.69 Å². The Morgan fingerprint density at radius 3 is 2.72 bits per heavy atom. The van der Waals surface area contributed by atoms with Crippen molar-refractivity contribution in [2.24, 2.45) is 5.92 Å². The standard InChI is InChI=1S/C12H20N2O4/c1-8(6-15)5-14(12(17)13-3)11-9(2)4-10(7-16)18-11/h5-6,9-11,16H,4,7H2,1-3H3,(H,13,17)/b8-5-/t9-,10-,11+/m0/s1. The lowest BCUT2D eigenvalue weighted by atomic mass is 10.1. The fourth-order valence-corrected chi connectivity index (χ4v) is 2.00. The lowest BCUT2D eigenvalue weighted by Crippen LogP contribution is -2.44. The number of hydrogen-bond acceptors (Lipinski definition) is 4.